The lowest BCUT2D eigenvalue weighted by atomic mass is 10.1. The summed E-state index contributed by atoms with van der Waals surface area (Å²) in [6, 6.07) is 3.70. The van der Waals surface area contributed by atoms with Crippen LogP contribution in [0.25, 0.3) is 0 Å². The van der Waals surface area contributed by atoms with Crippen LogP contribution >= 0.6 is 0 Å². The van der Waals surface area contributed by atoms with Gasteiger partial charge in [-0.2, -0.15) is 0 Å². The van der Waals surface area contributed by atoms with Crippen LogP contribution in [-0.4, -0.2) is 29.1 Å². The van der Waals surface area contributed by atoms with Gasteiger partial charge in [0.2, 0.25) is 5.78 Å². The average molecular weight is 307 g/mol. The van der Waals surface area contributed by atoms with Crippen LogP contribution in [0.15, 0.2) is 30.5 Å². The monoisotopic (exact) mass is 307 g/mol. The van der Waals surface area contributed by atoms with Crippen LogP contribution in [0, 0.1) is 11.6 Å². The molecule has 0 saturated heterocycles. The van der Waals surface area contributed by atoms with Crippen LogP contribution in [0.3, 0.4) is 0 Å². The number of carbonyl (C=O) groups is 3. The fraction of sp³-hybridized carbons (Fsp3) is 0.133. The van der Waals surface area contributed by atoms with Crippen LogP contribution in [0.4, 0.5) is 8.78 Å². The summed E-state index contributed by atoms with van der Waals surface area (Å²) < 4.78 is 31.1. The highest BCUT2D eigenvalue weighted by atomic mass is 19.1. The van der Waals surface area contributed by atoms with Gasteiger partial charge in [-0.05, 0) is 31.2 Å². The Kier molecular flexibility index (Phi) is 4.45. The number of nitrogens with one attached hydrogen (secondary N) is 1. The van der Waals surface area contributed by atoms with E-state index in [2.05, 4.69) is 4.98 Å². The zero-order valence-corrected chi connectivity index (χ0v) is 11.5. The number of esters is 1. The minimum atomic E-state index is -0.902. The molecule has 1 heterocycles. The topological polar surface area (TPSA) is 76.2 Å². The molecule has 1 aromatic heterocycles. The molecule has 0 bridgehead atoms. The van der Waals surface area contributed by atoms with E-state index >= 15 is 0 Å². The van der Waals surface area contributed by atoms with E-state index in [4.69, 9.17) is 4.74 Å². The lowest BCUT2D eigenvalue weighted by Gasteiger charge is -2.04. The van der Waals surface area contributed by atoms with Crippen molar-refractivity contribution in [1.82, 2.24) is 4.98 Å². The fourth-order valence-corrected chi connectivity index (χ4v) is 1.71. The third-order valence-electron chi connectivity index (χ3n) is 2.87. The molecule has 7 heteroatoms. The van der Waals surface area contributed by atoms with E-state index in [0.717, 1.165) is 18.2 Å². The van der Waals surface area contributed by atoms with E-state index in [-0.39, 0.29) is 17.0 Å². The summed E-state index contributed by atoms with van der Waals surface area (Å²) in [7, 11) is 0. The highest BCUT2D eigenvalue weighted by Gasteiger charge is 2.17. The molecule has 0 saturated carbocycles. The molecule has 0 aliphatic rings. The second-order valence-electron chi connectivity index (χ2n) is 4.48. The number of ether oxygens (including phenoxy) is 1. The van der Waals surface area contributed by atoms with E-state index in [1.807, 2.05) is 0 Å². The molecule has 2 rings (SSSR count). The van der Waals surface area contributed by atoms with Crippen molar-refractivity contribution in [1.29, 1.82) is 0 Å². The summed E-state index contributed by atoms with van der Waals surface area (Å²) in [6.45, 7) is 0.585. The molecule has 1 N–H and O–H groups in total. The number of ketones is 2. The molecule has 0 atom stereocenters. The molecule has 22 heavy (non-hydrogen) atoms. The van der Waals surface area contributed by atoms with Gasteiger partial charge in [-0.25, -0.2) is 13.6 Å². The summed E-state index contributed by atoms with van der Waals surface area (Å²) in [5, 5.41) is 0. The summed E-state index contributed by atoms with van der Waals surface area (Å²) in [5.74, 6) is -3.66. The van der Waals surface area contributed by atoms with Crippen molar-refractivity contribution in [3.63, 3.8) is 0 Å². The molecular formula is C15H11F2NO4. The quantitative estimate of drug-likeness (QED) is 0.680. The van der Waals surface area contributed by atoms with E-state index in [1.165, 1.54) is 19.2 Å². The third-order valence-corrected chi connectivity index (χ3v) is 2.87. The van der Waals surface area contributed by atoms with E-state index in [9.17, 15) is 23.2 Å². The molecular weight excluding hydrogens is 296 g/mol. The second-order valence-corrected chi connectivity index (χ2v) is 4.48. The van der Waals surface area contributed by atoms with Crippen LogP contribution < -0.4 is 0 Å². The zero-order valence-electron chi connectivity index (χ0n) is 11.5. The highest BCUT2D eigenvalue weighted by Crippen LogP contribution is 2.11. The van der Waals surface area contributed by atoms with Gasteiger partial charge in [-0.15, -0.1) is 0 Å². The minimum Gasteiger partial charge on any atom is -0.453 e. The number of carbonyl (C=O) groups excluding carboxylic acids is 3. The van der Waals surface area contributed by atoms with Gasteiger partial charge in [0.15, 0.2) is 12.4 Å². The Morgan fingerprint density at radius 1 is 1.18 bits per heavy atom. The number of aromatic amines is 1. The molecule has 0 fully saturated rings. The van der Waals surface area contributed by atoms with Gasteiger partial charge >= 0.3 is 5.97 Å². The van der Waals surface area contributed by atoms with Gasteiger partial charge < -0.3 is 9.72 Å². The molecule has 0 radical (unpaired) electrons. The Morgan fingerprint density at radius 2 is 1.91 bits per heavy atom. The van der Waals surface area contributed by atoms with Gasteiger partial charge in [0.25, 0.3) is 0 Å². The van der Waals surface area contributed by atoms with Gasteiger partial charge in [0.1, 0.15) is 17.3 Å². The molecule has 0 amide bonds. The van der Waals surface area contributed by atoms with E-state index in [0.29, 0.717) is 0 Å². The molecule has 0 aliphatic heterocycles. The standard InChI is InChI=1S/C15H11F2NO4/c1-8(19)9-4-13(18-6-9)15(21)22-7-14(20)11-5-10(16)2-3-12(11)17/h2-6,18H,7H2,1H3. The van der Waals surface area contributed by atoms with Crippen LogP contribution in [0.5, 0.6) is 0 Å². The van der Waals surface area contributed by atoms with Crippen molar-refractivity contribution >= 4 is 17.5 Å². The van der Waals surface area contributed by atoms with Crippen LogP contribution in [0.1, 0.15) is 38.1 Å². The molecule has 0 aliphatic carbocycles. The van der Waals surface area contributed by atoms with Crippen molar-refractivity contribution in [3.05, 3.63) is 58.9 Å². The maximum atomic E-state index is 13.4. The number of Topliss-reactive ketones (excluding diaryl/α,β-unsaturated/α-hetero) is 2. The first-order chi connectivity index (χ1) is 10.4. The first-order valence-electron chi connectivity index (χ1n) is 6.23. The predicted molar refractivity (Wildman–Crippen MR) is 71.8 cm³/mol. The van der Waals surface area contributed by atoms with E-state index < -0.39 is 35.6 Å². The number of aromatic nitrogens is 1. The third kappa shape index (κ3) is 3.43. The maximum Gasteiger partial charge on any atom is 0.355 e. The average Bonchev–Trinajstić information content (AvgIpc) is 2.97. The normalized spacial score (nSPS) is 10.3. The highest BCUT2D eigenvalue weighted by molar-refractivity contribution is 6.00. The van der Waals surface area contributed by atoms with E-state index in [1.54, 1.807) is 0 Å². The Bertz CT molecular complexity index is 752. The van der Waals surface area contributed by atoms with Gasteiger partial charge in [0.05, 0.1) is 5.56 Å². The molecule has 1 aromatic carbocycles. The Balaban J connectivity index is 2.02. The molecule has 114 valence electrons. The van der Waals surface area contributed by atoms with Crippen molar-refractivity contribution in [2.75, 3.05) is 6.61 Å². The lowest BCUT2D eigenvalue weighted by Crippen LogP contribution is -2.15. The number of halogens is 2. The van der Waals surface area contributed by atoms with Gasteiger partial charge in [-0.3, -0.25) is 9.59 Å². The van der Waals surface area contributed by atoms with Gasteiger partial charge in [-0.1, -0.05) is 0 Å². The van der Waals surface area contributed by atoms with Crippen molar-refractivity contribution in [2.45, 2.75) is 6.92 Å². The summed E-state index contributed by atoms with van der Waals surface area (Å²) in [4.78, 5) is 37.0. The number of rotatable bonds is 5. The predicted octanol–water partition coefficient (Wildman–Crippen LogP) is 2.54. The zero-order chi connectivity index (χ0) is 16.3. The first-order valence-corrected chi connectivity index (χ1v) is 6.23. The molecule has 0 spiro atoms. The molecule has 2 aromatic rings. The molecule has 0 unspecified atom stereocenters. The first kappa shape index (κ1) is 15.6. The van der Waals surface area contributed by atoms with Crippen molar-refractivity contribution in [3.8, 4) is 0 Å². The number of H-pyrrole nitrogens is 1. The van der Waals surface area contributed by atoms with Crippen molar-refractivity contribution < 1.29 is 27.9 Å². The van der Waals surface area contributed by atoms with Gasteiger partial charge in [0, 0.05) is 11.8 Å². The summed E-state index contributed by atoms with van der Waals surface area (Å²) in [5.41, 5.74) is -0.226. The summed E-state index contributed by atoms with van der Waals surface area (Å²) >= 11 is 0. The number of hydrogen-bond acceptors (Lipinski definition) is 4. The lowest BCUT2D eigenvalue weighted by molar-refractivity contribution is 0.0468. The molecule has 5 nitrogen and oxygen atoms in total. The maximum absolute atomic E-state index is 13.4. The Labute approximate surface area is 123 Å². The summed E-state index contributed by atoms with van der Waals surface area (Å²) in [6.07, 6.45) is 1.33. The minimum absolute atomic E-state index is 0.0160. The Morgan fingerprint density at radius 3 is 2.55 bits per heavy atom. The largest absolute Gasteiger partial charge is 0.453 e. The Hall–Kier alpha value is -2.83. The van der Waals surface area contributed by atoms with Crippen LogP contribution in [0.2, 0.25) is 0 Å². The smallest absolute Gasteiger partial charge is 0.355 e. The van der Waals surface area contributed by atoms with Crippen molar-refractivity contribution in [2.24, 2.45) is 0 Å². The van der Waals surface area contributed by atoms with Crippen LogP contribution in [-0.2, 0) is 4.74 Å². The fourth-order valence-electron chi connectivity index (χ4n) is 1.71. The second kappa shape index (κ2) is 6.30. The number of hydrogen-bond donors (Lipinski definition) is 1. The number of benzene rings is 1. The SMILES string of the molecule is CC(=O)c1c[nH]c(C(=O)OCC(=O)c2cc(F)ccc2F)c1.